The maximum Gasteiger partial charge on any atom is 0.253 e. The Kier molecular flexibility index (Phi) is 5.26. The van der Waals surface area contributed by atoms with Gasteiger partial charge in [-0.15, -0.1) is 0 Å². The summed E-state index contributed by atoms with van der Waals surface area (Å²) in [6.07, 6.45) is 0.786. The summed E-state index contributed by atoms with van der Waals surface area (Å²) in [6.45, 7) is 7.17. The van der Waals surface area contributed by atoms with Crippen LogP contribution in [0.25, 0.3) is 0 Å². The lowest BCUT2D eigenvalue weighted by Gasteiger charge is -2.14. The molecule has 3 aromatic rings. The first-order valence-corrected chi connectivity index (χ1v) is 8.91. The van der Waals surface area contributed by atoms with Crippen LogP contribution in [0.2, 0.25) is 0 Å². The van der Waals surface area contributed by atoms with Crippen molar-refractivity contribution in [1.29, 1.82) is 0 Å². The second-order valence-electron chi connectivity index (χ2n) is 6.85. The molecule has 5 heteroatoms. The summed E-state index contributed by atoms with van der Waals surface area (Å²) in [4.78, 5) is 23.6. The number of aryl methyl sites for hydroxylation is 1. The maximum absolute atomic E-state index is 11.8. The van der Waals surface area contributed by atoms with Crippen molar-refractivity contribution in [2.75, 3.05) is 17.2 Å². The highest BCUT2D eigenvalue weighted by atomic mass is 16.3. The predicted octanol–water partition coefficient (Wildman–Crippen LogP) is 3.57. The second kappa shape index (κ2) is 7.60. The van der Waals surface area contributed by atoms with Crippen molar-refractivity contribution in [3.8, 4) is 0 Å². The smallest absolute Gasteiger partial charge is 0.253 e. The highest BCUT2D eigenvalue weighted by molar-refractivity contribution is 5.73. The van der Waals surface area contributed by atoms with Crippen LogP contribution in [-0.2, 0) is 13.0 Å². The van der Waals surface area contributed by atoms with Gasteiger partial charge in [0.15, 0.2) is 0 Å². The molecule has 0 unspecified atom stereocenters. The van der Waals surface area contributed by atoms with E-state index < -0.39 is 10.9 Å². The molecule has 3 rings (SSSR count). The molecule has 2 aromatic carbocycles. The molecule has 0 atom stereocenters. The van der Waals surface area contributed by atoms with Gasteiger partial charge in [-0.2, -0.15) is 0 Å². The monoisotopic (exact) mass is 352 g/mol. The van der Waals surface area contributed by atoms with E-state index in [2.05, 4.69) is 48.7 Å². The molecule has 1 heterocycles. The molecule has 136 valence electrons. The lowest BCUT2D eigenvalue weighted by atomic mass is 10.0. The van der Waals surface area contributed by atoms with E-state index in [9.17, 15) is 9.59 Å². The van der Waals surface area contributed by atoms with Gasteiger partial charge >= 0.3 is 0 Å². The van der Waals surface area contributed by atoms with E-state index in [1.807, 2.05) is 19.1 Å². The molecule has 5 nitrogen and oxygen atoms in total. The average Bonchev–Trinajstić information content (AvgIpc) is 3.05. The van der Waals surface area contributed by atoms with E-state index in [4.69, 9.17) is 4.42 Å². The molecule has 0 spiro atoms. The summed E-state index contributed by atoms with van der Waals surface area (Å²) >= 11 is 0. The zero-order valence-electron chi connectivity index (χ0n) is 15.4. The Hall–Kier alpha value is -2.82. The van der Waals surface area contributed by atoms with Crippen molar-refractivity contribution in [2.24, 2.45) is 0 Å². The van der Waals surface area contributed by atoms with Gasteiger partial charge < -0.3 is 15.1 Å². The lowest BCUT2D eigenvalue weighted by molar-refractivity contribution is 0.490. The van der Waals surface area contributed by atoms with Gasteiger partial charge in [-0.25, -0.2) is 0 Å². The second-order valence-corrected chi connectivity index (χ2v) is 6.85. The highest BCUT2D eigenvalue weighted by Gasteiger charge is 2.20. The van der Waals surface area contributed by atoms with E-state index in [-0.39, 0.29) is 0 Å². The Morgan fingerprint density at radius 1 is 0.923 bits per heavy atom. The van der Waals surface area contributed by atoms with Crippen LogP contribution in [0.15, 0.2) is 50.4 Å². The van der Waals surface area contributed by atoms with Crippen LogP contribution in [-0.4, -0.2) is 6.54 Å². The van der Waals surface area contributed by atoms with E-state index in [1.165, 1.54) is 11.1 Å². The molecular weight excluding hydrogens is 328 g/mol. The third kappa shape index (κ3) is 3.87. The predicted molar refractivity (Wildman–Crippen MR) is 105 cm³/mol. The number of rotatable bonds is 8. The van der Waals surface area contributed by atoms with Gasteiger partial charge in [-0.05, 0) is 42.5 Å². The molecule has 0 saturated carbocycles. The quantitative estimate of drug-likeness (QED) is 0.607. The number of furan rings is 1. The first-order chi connectivity index (χ1) is 12.5. The molecule has 0 radical (unpaired) electrons. The van der Waals surface area contributed by atoms with Crippen LogP contribution in [0.5, 0.6) is 0 Å². The highest BCUT2D eigenvalue weighted by Crippen LogP contribution is 2.18. The Balaban J connectivity index is 1.56. The zero-order valence-corrected chi connectivity index (χ0v) is 15.4. The number of benzene rings is 1. The molecule has 0 aliphatic heterocycles. The summed E-state index contributed by atoms with van der Waals surface area (Å²) in [5, 5.41) is 6.09. The van der Waals surface area contributed by atoms with Crippen LogP contribution in [0.3, 0.4) is 0 Å². The first kappa shape index (κ1) is 18.0. The van der Waals surface area contributed by atoms with E-state index >= 15 is 0 Å². The topological polar surface area (TPSA) is 71.3 Å². The van der Waals surface area contributed by atoms with Crippen LogP contribution < -0.4 is 21.5 Å². The number of nitrogens with one attached hydrogen (secondary N) is 2. The molecule has 0 amide bonds. The van der Waals surface area contributed by atoms with Crippen LogP contribution in [0, 0.1) is 6.92 Å². The molecule has 1 aromatic heterocycles. The van der Waals surface area contributed by atoms with Crippen LogP contribution in [0.1, 0.15) is 42.4 Å². The summed E-state index contributed by atoms with van der Waals surface area (Å²) in [6, 6.07) is 12.2. The maximum atomic E-state index is 11.8. The summed E-state index contributed by atoms with van der Waals surface area (Å²) < 4.78 is 5.46. The summed E-state index contributed by atoms with van der Waals surface area (Å²) in [5.74, 6) is 2.05. The number of hydrogen-bond donors (Lipinski definition) is 2. The largest absolute Gasteiger partial charge is 0.465 e. The first-order valence-electron chi connectivity index (χ1n) is 8.91. The van der Waals surface area contributed by atoms with Gasteiger partial charge in [0.25, 0.3) is 10.9 Å². The minimum atomic E-state index is -0.475. The molecule has 0 bridgehead atoms. The van der Waals surface area contributed by atoms with Crippen molar-refractivity contribution in [1.82, 2.24) is 0 Å². The van der Waals surface area contributed by atoms with E-state index in [0.29, 0.717) is 30.4 Å². The summed E-state index contributed by atoms with van der Waals surface area (Å²) in [7, 11) is 0. The fourth-order valence-corrected chi connectivity index (χ4v) is 2.89. The van der Waals surface area contributed by atoms with Crippen molar-refractivity contribution in [3.05, 3.63) is 79.5 Å². The summed E-state index contributed by atoms with van der Waals surface area (Å²) in [5.41, 5.74) is 2.29. The fraction of sp³-hybridized carbons (Fsp3) is 0.333. The molecule has 2 N–H and O–H groups in total. The molecule has 0 aliphatic carbocycles. The third-order valence-electron chi connectivity index (χ3n) is 4.51. The Bertz CT molecular complexity index is 945. The van der Waals surface area contributed by atoms with Gasteiger partial charge in [0.1, 0.15) is 22.9 Å². The minimum Gasteiger partial charge on any atom is -0.465 e. The molecule has 26 heavy (non-hydrogen) atoms. The lowest BCUT2D eigenvalue weighted by Crippen LogP contribution is -2.37. The Labute approximate surface area is 152 Å². The standard InChI is InChI=1S/C21H24N2O3/c1-13(2)16-7-5-15(6-8-16)10-11-22-18-19(21(25)20(18)24)23-12-17-9-4-14(3)26-17/h4-9,13,22-23H,10-12H2,1-3H3. The van der Waals surface area contributed by atoms with Gasteiger partial charge in [-0.1, -0.05) is 38.1 Å². The normalized spacial score (nSPS) is 11.2. The van der Waals surface area contributed by atoms with Crippen molar-refractivity contribution >= 4 is 11.4 Å². The Morgan fingerprint density at radius 3 is 2.15 bits per heavy atom. The number of hydrogen-bond acceptors (Lipinski definition) is 5. The number of anilines is 2. The van der Waals surface area contributed by atoms with Gasteiger partial charge in [0, 0.05) is 6.54 Å². The van der Waals surface area contributed by atoms with Gasteiger partial charge in [0.05, 0.1) is 6.54 Å². The zero-order chi connectivity index (χ0) is 18.7. The third-order valence-corrected chi connectivity index (χ3v) is 4.51. The van der Waals surface area contributed by atoms with E-state index in [0.717, 1.165) is 17.9 Å². The minimum absolute atomic E-state index is 0.346. The van der Waals surface area contributed by atoms with E-state index in [1.54, 1.807) is 0 Å². The molecule has 0 aliphatic rings. The molecule has 0 saturated heterocycles. The molecule has 0 fully saturated rings. The Morgan fingerprint density at radius 2 is 1.58 bits per heavy atom. The van der Waals surface area contributed by atoms with Crippen molar-refractivity contribution in [3.63, 3.8) is 0 Å². The molecular formula is C21H24N2O3. The van der Waals surface area contributed by atoms with Crippen molar-refractivity contribution in [2.45, 2.75) is 39.7 Å². The van der Waals surface area contributed by atoms with Crippen molar-refractivity contribution < 1.29 is 4.42 Å². The fourth-order valence-electron chi connectivity index (χ4n) is 2.89. The van der Waals surface area contributed by atoms with Gasteiger partial charge in [-0.3, -0.25) is 9.59 Å². The van der Waals surface area contributed by atoms with Gasteiger partial charge in [0.2, 0.25) is 0 Å². The average molecular weight is 352 g/mol. The van der Waals surface area contributed by atoms with Crippen LogP contribution in [0.4, 0.5) is 11.4 Å². The van der Waals surface area contributed by atoms with Crippen LogP contribution >= 0.6 is 0 Å². The SMILES string of the molecule is Cc1ccc(CNc2c(NCCc3ccc(C(C)C)cc3)c(=O)c2=O)o1.